The number of piperidine rings is 1. The molecule has 1 aromatic rings. The van der Waals surface area contributed by atoms with Crippen molar-refractivity contribution in [3.63, 3.8) is 0 Å². The Morgan fingerprint density at radius 1 is 1.29 bits per heavy atom. The first-order valence-corrected chi connectivity index (χ1v) is 8.56. The molecular formula is C19H25NO4. The van der Waals surface area contributed by atoms with Crippen molar-refractivity contribution in [1.29, 1.82) is 0 Å². The normalized spacial score (nSPS) is 28.8. The molecule has 5 heteroatoms. The average molecular weight is 331 g/mol. The van der Waals surface area contributed by atoms with Crippen LogP contribution in [-0.2, 0) is 26.2 Å². The molecule has 0 aromatic heterocycles. The zero-order valence-corrected chi connectivity index (χ0v) is 14.8. The molecule has 0 unspecified atom stereocenters. The number of rotatable bonds is 3. The number of likely N-dealkylation sites (tertiary alicyclic amines) is 1. The summed E-state index contributed by atoms with van der Waals surface area (Å²) in [5.74, 6) is -0.000147. The predicted octanol–water partition coefficient (Wildman–Crippen LogP) is 2.45. The minimum absolute atomic E-state index is 0.168. The number of benzene rings is 1. The second-order valence-electron chi connectivity index (χ2n) is 6.95. The minimum atomic E-state index is -0.325. The van der Waals surface area contributed by atoms with Gasteiger partial charge >= 0.3 is 11.9 Å². The third kappa shape index (κ3) is 2.71. The largest absolute Gasteiger partial charge is 0.460 e. The van der Waals surface area contributed by atoms with E-state index in [0.29, 0.717) is 5.75 Å². The lowest BCUT2D eigenvalue weighted by molar-refractivity contribution is -0.161. The van der Waals surface area contributed by atoms with Gasteiger partial charge in [-0.05, 0) is 56.1 Å². The maximum atomic E-state index is 11.7. The summed E-state index contributed by atoms with van der Waals surface area (Å²) in [4.78, 5) is 25.3. The zero-order chi connectivity index (χ0) is 17.5. The van der Waals surface area contributed by atoms with Gasteiger partial charge in [-0.15, -0.1) is 0 Å². The molecule has 0 spiro atoms. The third-order valence-corrected chi connectivity index (χ3v) is 5.60. The van der Waals surface area contributed by atoms with Crippen LogP contribution >= 0.6 is 0 Å². The van der Waals surface area contributed by atoms with Gasteiger partial charge < -0.3 is 9.47 Å². The standard InChI is InChI=1S/C19H25NO4/c1-5-19-8-9-20(4)17(18(19)24-13(3)22)10-14-6-7-15(11-16(14)19)23-12(2)21/h6-7,11,17-18H,5,8-10H2,1-4H3/t17-,18+,19-/m0/s1. The van der Waals surface area contributed by atoms with Crippen LogP contribution in [0.4, 0.5) is 0 Å². The molecule has 130 valence electrons. The summed E-state index contributed by atoms with van der Waals surface area (Å²) in [6.45, 7) is 5.99. The fourth-order valence-corrected chi connectivity index (χ4v) is 4.42. The van der Waals surface area contributed by atoms with Crippen molar-refractivity contribution < 1.29 is 19.1 Å². The number of nitrogens with zero attached hydrogens (tertiary/aromatic N) is 1. The molecule has 0 radical (unpaired) electrons. The Balaban J connectivity index is 2.11. The van der Waals surface area contributed by atoms with Crippen molar-refractivity contribution in [2.45, 2.75) is 57.6 Å². The summed E-state index contributed by atoms with van der Waals surface area (Å²) in [5.41, 5.74) is 2.21. The smallest absolute Gasteiger partial charge is 0.308 e. The highest BCUT2D eigenvalue weighted by molar-refractivity contribution is 5.69. The van der Waals surface area contributed by atoms with Crippen molar-refractivity contribution in [3.8, 4) is 5.75 Å². The average Bonchev–Trinajstić information content (AvgIpc) is 2.51. The van der Waals surface area contributed by atoms with Crippen LogP contribution in [0.25, 0.3) is 0 Å². The molecule has 3 rings (SSSR count). The van der Waals surface area contributed by atoms with Crippen LogP contribution in [-0.4, -0.2) is 42.6 Å². The van der Waals surface area contributed by atoms with E-state index in [9.17, 15) is 9.59 Å². The quantitative estimate of drug-likeness (QED) is 0.629. The van der Waals surface area contributed by atoms with Gasteiger partial charge in [0.15, 0.2) is 0 Å². The molecule has 1 saturated heterocycles. The first-order chi connectivity index (χ1) is 11.4. The summed E-state index contributed by atoms with van der Waals surface area (Å²) in [7, 11) is 2.10. The second-order valence-corrected chi connectivity index (χ2v) is 6.95. The maximum Gasteiger partial charge on any atom is 0.308 e. The van der Waals surface area contributed by atoms with Crippen LogP contribution in [0, 0.1) is 0 Å². The molecule has 0 saturated carbocycles. The molecule has 0 amide bonds. The van der Waals surface area contributed by atoms with Gasteiger partial charge in [0.2, 0.25) is 0 Å². The number of fused-ring (bicyclic) bond motifs is 4. The van der Waals surface area contributed by atoms with E-state index in [-0.39, 0.29) is 29.5 Å². The van der Waals surface area contributed by atoms with Crippen LogP contribution in [0.2, 0.25) is 0 Å². The van der Waals surface area contributed by atoms with Gasteiger partial charge in [-0.3, -0.25) is 14.5 Å². The lowest BCUT2D eigenvalue weighted by atomic mass is 9.60. The molecule has 24 heavy (non-hydrogen) atoms. The molecule has 1 aliphatic heterocycles. The molecule has 0 N–H and O–H groups in total. The van der Waals surface area contributed by atoms with Crippen molar-refractivity contribution in [3.05, 3.63) is 29.3 Å². The van der Waals surface area contributed by atoms with Gasteiger partial charge in [0.1, 0.15) is 11.9 Å². The lowest BCUT2D eigenvalue weighted by Crippen LogP contribution is -2.63. The summed E-state index contributed by atoms with van der Waals surface area (Å²) in [6, 6.07) is 6.06. The first kappa shape index (κ1) is 17.0. The van der Waals surface area contributed by atoms with E-state index in [1.165, 1.54) is 25.0 Å². The molecule has 2 aliphatic rings. The van der Waals surface area contributed by atoms with E-state index in [4.69, 9.17) is 9.47 Å². The summed E-state index contributed by atoms with van der Waals surface area (Å²) < 4.78 is 11.1. The van der Waals surface area contributed by atoms with E-state index in [1.807, 2.05) is 18.2 Å². The van der Waals surface area contributed by atoms with Crippen LogP contribution in [0.3, 0.4) is 0 Å². The predicted molar refractivity (Wildman–Crippen MR) is 90.0 cm³/mol. The lowest BCUT2D eigenvalue weighted by Gasteiger charge is -2.54. The Morgan fingerprint density at radius 2 is 2.04 bits per heavy atom. The number of carbonyl (C=O) groups is 2. The number of esters is 2. The molecule has 1 fully saturated rings. The highest BCUT2D eigenvalue weighted by Crippen LogP contribution is 2.49. The molecule has 1 aromatic carbocycles. The van der Waals surface area contributed by atoms with Crippen LogP contribution < -0.4 is 4.74 Å². The molecule has 5 nitrogen and oxygen atoms in total. The van der Waals surface area contributed by atoms with Crippen molar-refractivity contribution in [1.82, 2.24) is 4.90 Å². The fraction of sp³-hybridized carbons (Fsp3) is 0.579. The number of ether oxygens (including phenoxy) is 2. The number of likely N-dealkylation sites (N-methyl/N-ethyl adjacent to an activating group) is 1. The summed E-state index contributed by atoms with van der Waals surface area (Å²) >= 11 is 0. The number of carbonyl (C=O) groups excluding carboxylic acids is 2. The molecule has 3 atom stereocenters. The fourth-order valence-electron chi connectivity index (χ4n) is 4.42. The Bertz CT molecular complexity index is 671. The van der Waals surface area contributed by atoms with E-state index < -0.39 is 0 Å². The van der Waals surface area contributed by atoms with Crippen molar-refractivity contribution >= 4 is 11.9 Å². The van der Waals surface area contributed by atoms with E-state index >= 15 is 0 Å². The number of hydrogen-bond acceptors (Lipinski definition) is 5. The molecular weight excluding hydrogens is 306 g/mol. The highest BCUT2D eigenvalue weighted by Gasteiger charge is 2.53. The Kier molecular flexibility index (Phi) is 4.38. The topological polar surface area (TPSA) is 55.8 Å². The Hall–Kier alpha value is -1.88. The maximum absolute atomic E-state index is 11.7. The van der Waals surface area contributed by atoms with Gasteiger partial charge in [-0.25, -0.2) is 0 Å². The Morgan fingerprint density at radius 3 is 2.67 bits per heavy atom. The van der Waals surface area contributed by atoms with E-state index in [2.05, 4.69) is 18.9 Å². The van der Waals surface area contributed by atoms with Gasteiger partial charge in [-0.2, -0.15) is 0 Å². The van der Waals surface area contributed by atoms with Gasteiger partial charge in [-0.1, -0.05) is 13.0 Å². The van der Waals surface area contributed by atoms with Gasteiger partial charge in [0.05, 0.1) is 6.04 Å². The van der Waals surface area contributed by atoms with Crippen LogP contribution in [0.5, 0.6) is 5.75 Å². The van der Waals surface area contributed by atoms with Crippen LogP contribution in [0.1, 0.15) is 44.7 Å². The van der Waals surface area contributed by atoms with E-state index in [1.54, 1.807) is 0 Å². The van der Waals surface area contributed by atoms with E-state index in [0.717, 1.165) is 25.8 Å². The van der Waals surface area contributed by atoms with Crippen LogP contribution in [0.15, 0.2) is 18.2 Å². The molecule has 1 aliphatic carbocycles. The second kappa shape index (κ2) is 6.20. The third-order valence-electron chi connectivity index (χ3n) is 5.60. The SMILES string of the molecule is CC[C@]12CCN(C)[C@@H](Cc3ccc(OC(C)=O)cc31)[C@H]2OC(C)=O. The minimum Gasteiger partial charge on any atom is -0.460 e. The zero-order valence-electron chi connectivity index (χ0n) is 14.8. The summed E-state index contributed by atoms with van der Waals surface area (Å²) in [6.07, 6.45) is 2.47. The first-order valence-electron chi connectivity index (χ1n) is 8.56. The number of hydrogen-bond donors (Lipinski definition) is 0. The van der Waals surface area contributed by atoms with Crippen molar-refractivity contribution in [2.75, 3.05) is 13.6 Å². The monoisotopic (exact) mass is 331 g/mol. The molecule has 2 bridgehead atoms. The van der Waals surface area contributed by atoms with Gasteiger partial charge in [0.25, 0.3) is 0 Å². The summed E-state index contributed by atoms with van der Waals surface area (Å²) in [5, 5.41) is 0. The Labute approximate surface area is 142 Å². The van der Waals surface area contributed by atoms with Gasteiger partial charge in [0, 0.05) is 19.3 Å². The highest BCUT2D eigenvalue weighted by atomic mass is 16.5. The van der Waals surface area contributed by atoms with Crippen molar-refractivity contribution in [2.24, 2.45) is 0 Å². The molecule has 1 heterocycles.